The highest BCUT2D eigenvalue weighted by Gasteiger charge is 2.25. The van der Waals surface area contributed by atoms with Gasteiger partial charge in [0, 0.05) is 11.2 Å². The van der Waals surface area contributed by atoms with Crippen LogP contribution in [-0.2, 0) is 11.3 Å². The molecule has 0 amide bonds. The minimum atomic E-state index is -0.0782. The zero-order valence-corrected chi connectivity index (χ0v) is 19.6. The molecule has 1 saturated carbocycles. The number of hydroxylamine groups is 1. The number of ether oxygens (including phenoxy) is 1. The molecule has 0 unspecified atom stereocenters. The van der Waals surface area contributed by atoms with Crippen LogP contribution in [0.3, 0.4) is 0 Å². The molecule has 2 aromatic carbocycles. The van der Waals surface area contributed by atoms with E-state index in [2.05, 4.69) is 29.7 Å². The van der Waals surface area contributed by atoms with Crippen molar-refractivity contribution in [1.82, 2.24) is 15.1 Å². The number of aromatic nitrogens is 2. The predicted molar refractivity (Wildman–Crippen MR) is 133 cm³/mol. The molecule has 0 radical (unpaired) electrons. The monoisotopic (exact) mass is 472 g/mol. The van der Waals surface area contributed by atoms with Gasteiger partial charge in [-0.15, -0.1) is 5.10 Å². The van der Waals surface area contributed by atoms with E-state index in [9.17, 15) is 0 Å². The van der Waals surface area contributed by atoms with Crippen molar-refractivity contribution in [3.05, 3.63) is 94.1 Å². The lowest BCUT2D eigenvalue weighted by atomic mass is 10.0. The van der Waals surface area contributed by atoms with Gasteiger partial charge in [-0.05, 0) is 85.2 Å². The molecular formula is C27H25ClN4O2. The Morgan fingerprint density at radius 1 is 1.12 bits per heavy atom. The first kappa shape index (κ1) is 21.2. The van der Waals surface area contributed by atoms with Crippen molar-refractivity contribution >= 4 is 23.0 Å². The third-order valence-electron chi connectivity index (χ3n) is 6.28. The molecule has 1 fully saturated rings. The summed E-state index contributed by atoms with van der Waals surface area (Å²) in [5, 5.41) is 5.48. The number of halogens is 1. The van der Waals surface area contributed by atoms with Crippen molar-refractivity contribution < 1.29 is 9.57 Å². The van der Waals surface area contributed by atoms with E-state index in [1.54, 1.807) is 4.52 Å². The summed E-state index contributed by atoms with van der Waals surface area (Å²) >= 11 is 6.47. The number of rotatable bonds is 6. The van der Waals surface area contributed by atoms with Gasteiger partial charge < -0.3 is 4.74 Å². The molecule has 6 rings (SSSR count). The molecular weight excluding hydrogens is 448 g/mol. The molecule has 1 aliphatic heterocycles. The highest BCUT2D eigenvalue weighted by Crippen LogP contribution is 2.41. The topological polar surface area (TPSA) is 60.2 Å². The number of hydrogen-bond donors (Lipinski definition) is 1. The SMILES string of the molecule is Cc1ccc(C[C@@H]2CONC(c3cc4cccn4nc3Oc3cccc(C4CC4)c3)=N2)c(Cl)c1. The number of aryl methyl sites for hydroxylation is 1. The normalized spacial score (nSPS) is 17.9. The largest absolute Gasteiger partial charge is 0.437 e. The zero-order valence-electron chi connectivity index (χ0n) is 18.9. The van der Waals surface area contributed by atoms with Crippen molar-refractivity contribution in [3.8, 4) is 11.6 Å². The summed E-state index contributed by atoms with van der Waals surface area (Å²) in [6.07, 6.45) is 5.07. The maximum atomic E-state index is 6.47. The summed E-state index contributed by atoms with van der Waals surface area (Å²) in [6.45, 7) is 2.49. The van der Waals surface area contributed by atoms with Crippen molar-refractivity contribution in [2.24, 2.45) is 4.99 Å². The molecule has 7 heteroatoms. The van der Waals surface area contributed by atoms with Crippen LogP contribution in [-0.4, -0.2) is 28.1 Å². The maximum absolute atomic E-state index is 6.47. The van der Waals surface area contributed by atoms with E-state index in [4.69, 9.17) is 31.3 Å². The highest BCUT2D eigenvalue weighted by atomic mass is 35.5. The van der Waals surface area contributed by atoms with E-state index in [1.165, 1.54) is 18.4 Å². The van der Waals surface area contributed by atoms with Crippen LogP contribution < -0.4 is 10.2 Å². The molecule has 34 heavy (non-hydrogen) atoms. The first-order valence-electron chi connectivity index (χ1n) is 11.6. The van der Waals surface area contributed by atoms with Gasteiger partial charge in [0.2, 0.25) is 5.88 Å². The molecule has 2 aromatic heterocycles. The molecule has 172 valence electrons. The average Bonchev–Trinajstić information content (AvgIpc) is 3.59. The van der Waals surface area contributed by atoms with Gasteiger partial charge in [0.25, 0.3) is 0 Å². The molecule has 0 saturated heterocycles. The lowest BCUT2D eigenvalue weighted by molar-refractivity contribution is 0.0623. The van der Waals surface area contributed by atoms with Gasteiger partial charge in [-0.1, -0.05) is 35.9 Å². The van der Waals surface area contributed by atoms with Crippen LogP contribution in [0, 0.1) is 6.92 Å². The lowest BCUT2D eigenvalue weighted by Gasteiger charge is -2.23. The minimum absolute atomic E-state index is 0.0782. The summed E-state index contributed by atoms with van der Waals surface area (Å²) in [7, 11) is 0. The Morgan fingerprint density at radius 3 is 2.88 bits per heavy atom. The molecule has 2 aliphatic rings. The van der Waals surface area contributed by atoms with Gasteiger partial charge in [-0.25, -0.2) is 10.00 Å². The first-order chi connectivity index (χ1) is 16.6. The molecule has 0 bridgehead atoms. The van der Waals surface area contributed by atoms with Crippen LogP contribution in [0.4, 0.5) is 0 Å². The molecule has 6 nitrogen and oxygen atoms in total. The van der Waals surface area contributed by atoms with Gasteiger partial charge in [0.1, 0.15) is 5.75 Å². The molecule has 0 spiro atoms. The minimum Gasteiger partial charge on any atom is -0.437 e. The Kier molecular flexibility index (Phi) is 5.47. The Labute approximate surface area is 203 Å². The Morgan fingerprint density at radius 2 is 2.03 bits per heavy atom. The maximum Gasteiger partial charge on any atom is 0.248 e. The lowest BCUT2D eigenvalue weighted by Crippen LogP contribution is -2.37. The van der Waals surface area contributed by atoms with E-state index in [-0.39, 0.29) is 6.04 Å². The van der Waals surface area contributed by atoms with Crippen LogP contribution in [0.5, 0.6) is 11.6 Å². The predicted octanol–water partition coefficient (Wildman–Crippen LogP) is 5.86. The van der Waals surface area contributed by atoms with Crippen LogP contribution in [0.15, 0.2) is 71.9 Å². The summed E-state index contributed by atoms with van der Waals surface area (Å²) in [5.74, 6) is 2.49. The molecule has 1 atom stereocenters. The van der Waals surface area contributed by atoms with Gasteiger partial charge in [0.05, 0.1) is 23.7 Å². The van der Waals surface area contributed by atoms with Gasteiger partial charge >= 0.3 is 0 Å². The average molecular weight is 473 g/mol. The number of hydrogen-bond acceptors (Lipinski definition) is 5. The van der Waals surface area contributed by atoms with Crippen LogP contribution in [0.25, 0.3) is 5.52 Å². The summed E-state index contributed by atoms with van der Waals surface area (Å²) < 4.78 is 8.12. The summed E-state index contributed by atoms with van der Waals surface area (Å²) in [5.41, 5.74) is 8.19. The fraction of sp³-hybridized carbons (Fsp3) is 0.259. The second kappa shape index (κ2) is 8.78. The van der Waals surface area contributed by atoms with Crippen LogP contribution >= 0.6 is 11.6 Å². The number of aliphatic imine (C=N–C) groups is 1. The Bertz CT molecular complexity index is 1390. The fourth-order valence-corrected chi connectivity index (χ4v) is 4.62. The summed E-state index contributed by atoms with van der Waals surface area (Å²) in [6, 6.07) is 20.3. The quantitative estimate of drug-likeness (QED) is 0.382. The van der Waals surface area contributed by atoms with Crippen LogP contribution in [0.1, 0.15) is 41.0 Å². The van der Waals surface area contributed by atoms with Crippen LogP contribution in [0.2, 0.25) is 5.02 Å². The number of nitrogens with one attached hydrogen (secondary N) is 1. The molecule has 1 N–H and O–H groups in total. The smallest absolute Gasteiger partial charge is 0.248 e. The van der Waals surface area contributed by atoms with E-state index in [0.717, 1.165) is 33.0 Å². The Balaban J connectivity index is 1.34. The summed E-state index contributed by atoms with van der Waals surface area (Å²) in [4.78, 5) is 10.7. The van der Waals surface area contributed by atoms with Gasteiger partial charge in [-0.2, -0.15) is 0 Å². The molecule has 4 aromatic rings. The van der Waals surface area contributed by atoms with Gasteiger partial charge in [-0.3, -0.25) is 9.83 Å². The van der Waals surface area contributed by atoms with Crippen molar-refractivity contribution in [2.75, 3.05) is 6.61 Å². The van der Waals surface area contributed by atoms with Crippen molar-refractivity contribution in [3.63, 3.8) is 0 Å². The second-order valence-corrected chi connectivity index (χ2v) is 9.44. The number of nitrogens with zero attached hydrogens (tertiary/aromatic N) is 3. The van der Waals surface area contributed by atoms with E-state index in [0.29, 0.717) is 30.7 Å². The number of fused-ring (bicyclic) bond motifs is 1. The number of benzene rings is 2. The highest BCUT2D eigenvalue weighted by molar-refractivity contribution is 6.31. The van der Waals surface area contributed by atoms with E-state index >= 15 is 0 Å². The second-order valence-electron chi connectivity index (χ2n) is 9.03. The van der Waals surface area contributed by atoms with Crippen molar-refractivity contribution in [1.29, 1.82) is 0 Å². The van der Waals surface area contributed by atoms with Gasteiger partial charge in [0.15, 0.2) is 5.84 Å². The molecule has 1 aliphatic carbocycles. The zero-order chi connectivity index (χ0) is 23.1. The third kappa shape index (κ3) is 4.39. The fourth-order valence-electron chi connectivity index (χ4n) is 4.31. The van der Waals surface area contributed by atoms with Crippen molar-refractivity contribution in [2.45, 2.75) is 38.1 Å². The van der Waals surface area contributed by atoms with E-state index in [1.807, 2.05) is 49.5 Å². The third-order valence-corrected chi connectivity index (χ3v) is 6.63. The Hall–Kier alpha value is -3.35. The van der Waals surface area contributed by atoms with E-state index < -0.39 is 0 Å². The molecule has 3 heterocycles. The number of amidine groups is 1. The standard InChI is InChI=1S/C27H25ClN4O2/c1-17-7-8-20(25(28)12-17)13-21-16-33-31-26(29-21)24-15-22-5-3-11-32(22)30-27(24)34-23-6-2-4-19(14-23)18-9-10-18/h2-8,11-12,14-15,18,21H,9-10,13,16H2,1H3,(H,29,31)/t21-/m1/s1. The first-order valence-corrected chi connectivity index (χ1v) is 12.0.